The van der Waals surface area contributed by atoms with Crippen molar-refractivity contribution >= 4 is 39.1 Å². The number of nitrogens with zero attached hydrogens (tertiary/aromatic N) is 2. The van der Waals surface area contributed by atoms with Crippen molar-refractivity contribution in [3.05, 3.63) is 48.0 Å². The quantitative estimate of drug-likeness (QED) is 0.678. The third-order valence-electron chi connectivity index (χ3n) is 5.96. The molecule has 2 heterocycles. The van der Waals surface area contributed by atoms with E-state index >= 15 is 0 Å². The molecule has 2 aromatic rings. The first-order chi connectivity index (χ1) is 14.9. The van der Waals surface area contributed by atoms with Crippen LogP contribution in [-0.4, -0.2) is 50.1 Å². The van der Waals surface area contributed by atoms with Gasteiger partial charge in [-0.2, -0.15) is 4.31 Å². The van der Waals surface area contributed by atoms with E-state index in [2.05, 4.69) is 16.3 Å². The Morgan fingerprint density at radius 1 is 1.13 bits per heavy atom. The molecule has 1 amide bonds. The van der Waals surface area contributed by atoms with Crippen LogP contribution in [-0.2, 0) is 21.2 Å². The minimum absolute atomic E-state index is 0.0842. The highest BCUT2D eigenvalue weighted by atomic mass is 32.2. The molecule has 2 aromatic carbocycles. The van der Waals surface area contributed by atoms with Crippen LogP contribution in [0.3, 0.4) is 0 Å². The van der Waals surface area contributed by atoms with E-state index in [0.29, 0.717) is 25.2 Å². The second-order valence-corrected chi connectivity index (χ2v) is 11.1. The summed E-state index contributed by atoms with van der Waals surface area (Å²) in [5.41, 5.74) is 2.66. The molecule has 0 unspecified atom stereocenters. The van der Waals surface area contributed by atoms with Crippen LogP contribution >= 0.6 is 11.8 Å². The van der Waals surface area contributed by atoms with E-state index in [0.717, 1.165) is 36.5 Å². The van der Waals surface area contributed by atoms with Crippen molar-refractivity contribution < 1.29 is 13.2 Å². The summed E-state index contributed by atoms with van der Waals surface area (Å²) in [7, 11) is -3.60. The number of sulfonamides is 1. The highest BCUT2D eigenvalue weighted by Crippen LogP contribution is 2.38. The van der Waals surface area contributed by atoms with Gasteiger partial charge in [-0.25, -0.2) is 8.42 Å². The van der Waals surface area contributed by atoms with Crippen molar-refractivity contribution in [2.45, 2.75) is 48.2 Å². The molecule has 0 aliphatic carbocycles. The van der Waals surface area contributed by atoms with Crippen molar-refractivity contribution in [3.8, 4) is 0 Å². The lowest BCUT2D eigenvalue weighted by Crippen LogP contribution is -2.31. The molecule has 1 fully saturated rings. The number of rotatable bonds is 7. The van der Waals surface area contributed by atoms with Gasteiger partial charge in [-0.05, 0) is 49.1 Å². The first kappa shape index (κ1) is 22.2. The molecule has 6 nitrogen and oxygen atoms in total. The molecule has 1 saturated heterocycles. The van der Waals surface area contributed by atoms with Gasteiger partial charge >= 0.3 is 0 Å². The van der Waals surface area contributed by atoms with Crippen LogP contribution in [0.5, 0.6) is 0 Å². The summed E-state index contributed by atoms with van der Waals surface area (Å²) in [6.45, 7) is 6.30. The van der Waals surface area contributed by atoms with Crippen LogP contribution in [0, 0.1) is 0 Å². The third kappa shape index (κ3) is 4.47. The average Bonchev–Trinajstić information content (AvgIpc) is 3.44. The van der Waals surface area contributed by atoms with Gasteiger partial charge in [0.2, 0.25) is 15.9 Å². The fraction of sp³-hybridized carbons (Fsp3) is 0.435. The number of carbonyl (C=O) groups excluding carboxylic acids is 1. The van der Waals surface area contributed by atoms with Crippen LogP contribution in [0.15, 0.2) is 52.3 Å². The monoisotopic (exact) mass is 459 g/mol. The Hall–Kier alpha value is -2.03. The molecule has 2 aliphatic heterocycles. The van der Waals surface area contributed by atoms with E-state index in [-0.39, 0.29) is 16.1 Å². The predicted molar refractivity (Wildman–Crippen MR) is 126 cm³/mol. The fourth-order valence-electron chi connectivity index (χ4n) is 4.26. The van der Waals surface area contributed by atoms with E-state index in [9.17, 15) is 13.2 Å². The van der Waals surface area contributed by atoms with Gasteiger partial charge in [-0.1, -0.05) is 32.0 Å². The van der Waals surface area contributed by atoms with Crippen LogP contribution in [0.2, 0.25) is 0 Å². The van der Waals surface area contributed by atoms with E-state index in [1.807, 2.05) is 38.1 Å². The van der Waals surface area contributed by atoms with Crippen LogP contribution < -0.4 is 10.2 Å². The zero-order valence-corrected chi connectivity index (χ0v) is 19.6. The summed E-state index contributed by atoms with van der Waals surface area (Å²) in [6.07, 6.45) is 2.88. The Morgan fingerprint density at radius 3 is 2.52 bits per heavy atom. The summed E-state index contributed by atoms with van der Waals surface area (Å²) < 4.78 is 27.6. The van der Waals surface area contributed by atoms with E-state index < -0.39 is 10.0 Å². The number of hydrogen-bond donors (Lipinski definition) is 1. The molecule has 0 bridgehead atoms. The number of thioether (sulfide) groups is 1. The number of fused-ring (bicyclic) bond motifs is 1. The van der Waals surface area contributed by atoms with Crippen molar-refractivity contribution in [3.63, 3.8) is 0 Å². The fourth-order valence-corrected chi connectivity index (χ4v) is 6.94. The van der Waals surface area contributed by atoms with E-state index in [4.69, 9.17) is 0 Å². The highest BCUT2D eigenvalue weighted by Gasteiger charge is 2.30. The van der Waals surface area contributed by atoms with Crippen LogP contribution in [0.4, 0.5) is 11.4 Å². The molecule has 2 aliphatic rings. The lowest BCUT2D eigenvalue weighted by molar-refractivity contribution is -0.115. The maximum Gasteiger partial charge on any atom is 0.243 e. The molecule has 8 heteroatoms. The largest absolute Gasteiger partial charge is 0.370 e. The lowest BCUT2D eigenvalue weighted by Gasteiger charge is -2.24. The van der Waals surface area contributed by atoms with Gasteiger partial charge < -0.3 is 10.2 Å². The van der Waals surface area contributed by atoms with Crippen molar-refractivity contribution in [2.24, 2.45) is 0 Å². The van der Waals surface area contributed by atoms with Gasteiger partial charge in [-0.15, -0.1) is 11.8 Å². The number of benzene rings is 2. The molecule has 0 spiro atoms. The molecule has 0 saturated carbocycles. The summed E-state index contributed by atoms with van der Waals surface area (Å²) in [4.78, 5) is 16.7. The molecule has 166 valence electrons. The van der Waals surface area contributed by atoms with Gasteiger partial charge in [0, 0.05) is 31.1 Å². The van der Waals surface area contributed by atoms with Crippen molar-refractivity contribution in [1.29, 1.82) is 0 Å². The first-order valence-corrected chi connectivity index (χ1v) is 13.2. The Bertz CT molecular complexity index is 1040. The molecule has 0 aromatic heterocycles. The van der Waals surface area contributed by atoms with E-state index in [1.54, 1.807) is 23.9 Å². The summed E-state index contributed by atoms with van der Waals surface area (Å²) in [5.74, 6) is -0.0842. The molecule has 4 rings (SSSR count). The summed E-state index contributed by atoms with van der Waals surface area (Å²) in [5, 5.41) is 2.85. The first-order valence-electron chi connectivity index (χ1n) is 10.9. The zero-order chi connectivity index (χ0) is 22.0. The predicted octanol–water partition coefficient (Wildman–Crippen LogP) is 3.97. The Labute approximate surface area is 189 Å². The van der Waals surface area contributed by atoms with E-state index in [1.165, 1.54) is 9.87 Å². The molecule has 1 N–H and O–H groups in total. The van der Waals surface area contributed by atoms with Crippen molar-refractivity contribution in [1.82, 2.24) is 4.31 Å². The lowest BCUT2D eigenvalue weighted by atomic mass is 10.1. The molecular weight excluding hydrogens is 430 g/mol. The zero-order valence-electron chi connectivity index (χ0n) is 18.0. The second-order valence-electron chi connectivity index (χ2n) is 7.87. The Morgan fingerprint density at radius 2 is 1.84 bits per heavy atom. The van der Waals surface area contributed by atoms with Crippen LogP contribution in [0.25, 0.3) is 0 Å². The number of nitrogens with one attached hydrogen (secondary N) is 1. The minimum atomic E-state index is -3.60. The molecule has 1 atom stereocenters. The van der Waals surface area contributed by atoms with Gasteiger partial charge in [0.05, 0.1) is 21.5 Å². The molecule has 31 heavy (non-hydrogen) atoms. The number of anilines is 2. The SMILES string of the molecule is CCN(CC)S(=O)(=O)c1ccc(N2CCCC2)c(NC(=O)[C@@H]2Cc3ccccc3S2)c1. The van der Waals surface area contributed by atoms with Gasteiger partial charge in [-0.3, -0.25) is 4.79 Å². The van der Waals surface area contributed by atoms with Crippen molar-refractivity contribution in [2.75, 3.05) is 36.4 Å². The van der Waals surface area contributed by atoms with Crippen LogP contribution in [0.1, 0.15) is 32.3 Å². The number of amides is 1. The summed E-state index contributed by atoms with van der Waals surface area (Å²) in [6, 6.07) is 13.2. The number of carbonyl (C=O) groups is 1. The maximum atomic E-state index is 13.1. The molecule has 0 radical (unpaired) electrons. The van der Waals surface area contributed by atoms with Gasteiger partial charge in [0.25, 0.3) is 0 Å². The number of hydrogen-bond acceptors (Lipinski definition) is 5. The minimum Gasteiger partial charge on any atom is -0.370 e. The van der Waals surface area contributed by atoms with Gasteiger partial charge in [0.15, 0.2) is 0 Å². The Kier molecular flexibility index (Phi) is 6.60. The smallest absolute Gasteiger partial charge is 0.243 e. The third-order valence-corrected chi connectivity index (χ3v) is 9.32. The highest BCUT2D eigenvalue weighted by molar-refractivity contribution is 8.01. The topological polar surface area (TPSA) is 69.7 Å². The molecular formula is C23H29N3O3S2. The standard InChI is InChI=1S/C23H29N3O3S2/c1-3-26(4-2)31(28,29)18-11-12-20(25-13-7-8-14-25)19(16-18)24-23(27)22-15-17-9-5-6-10-21(17)30-22/h5-6,9-12,16,22H,3-4,7-8,13-15H2,1-2H3,(H,24,27)/t22-/m0/s1. The normalized spacial score (nSPS) is 18.4. The maximum absolute atomic E-state index is 13.1. The van der Waals surface area contributed by atoms with Gasteiger partial charge in [0.1, 0.15) is 0 Å². The summed E-state index contributed by atoms with van der Waals surface area (Å²) >= 11 is 1.57. The second kappa shape index (κ2) is 9.22. The average molecular weight is 460 g/mol. The Balaban J connectivity index is 1.63.